The van der Waals surface area contributed by atoms with Gasteiger partial charge in [0.25, 0.3) is 0 Å². The molecule has 3 rings (SSSR count). The van der Waals surface area contributed by atoms with Gasteiger partial charge in [-0.2, -0.15) is 4.31 Å². The molecule has 0 spiro atoms. The molecule has 1 saturated heterocycles. The fraction of sp³-hybridized carbons (Fsp3) is 0.474. The molecule has 2 heterocycles. The van der Waals surface area contributed by atoms with E-state index in [9.17, 15) is 13.2 Å². The molecule has 1 aromatic carbocycles. The van der Waals surface area contributed by atoms with Crippen molar-refractivity contribution < 1.29 is 27.2 Å². The number of hydrogen-bond acceptors (Lipinski definition) is 7. The molecule has 0 bridgehead atoms. The maximum Gasteiger partial charge on any atom is 0.342 e. The molecule has 1 fully saturated rings. The molecule has 1 aliphatic heterocycles. The average molecular weight is 408 g/mol. The van der Waals surface area contributed by atoms with Crippen LogP contribution in [0, 0.1) is 6.92 Å². The number of sulfonamides is 1. The predicted molar refractivity (Wildman–Crippen MR) is 101 cm³/mol. The van der Waals surface area contributed by atoms with Gasteiger partial charge in [0.1, 0.15) is 11.3 Å². The molecule has 0 N–H and O–H groups in total. The Kier molecular flexibility index (Phi) is 6.35. The first-order valence-electron chi connectivity index (χ1n) is 9.19. The number of aryl methyl sites for hydroxylation is 1. The summed E-state index contributed by atoms with van der Waals surface area (Å²) in [7, 11) is -2.28. The summed E-state index contributed by atoms with van der Waals surface area (Å²) in [6, 6.07) is 5.90. The lowest BCUT2D eigenvalue weighted by atomic mass is 10.2. The normalized spacial score (nSPS) is 15.8. The van der Waals surface area contributed by atoms with E-state index in [1.807, 2.05) is 0 Å². The van der Waals surface area contributed by atoms with E-state index in [1.165, 1.54) is 29.6 Å². The summed E-state index contributed by atoms with van der Waals surface area (Å²) in [4.78, 5) is 12.6. The number of rotatable bonds is 6. The molecule has 28 heavy (non-hydrogen) atoms. The minimum absolute atomic E-state index is 0.0506. The number of carbonyl (C=O) groups excluding carboxylic acids is 1. The highest BCUT2D eigenvalue weighted by atomic mass is 32.2. The quantitative estimate of drug-likeness (QED) is 0.678. The first-order chi connectivity index (χ1) is 13.4. The maximum atomic E-state index is 13.0. The molecular formula is C19H24N2O6S. The highest BCUT2D eigenvalue weighted by Gasteiger charge is 2.27. The lowest BCUT2D eigenvalue weighted by Gasteiger charge is -2.20. The molecule has 1 aromatic heterocycles. The van der Waals surface area contributed by atoms with Gasteiger partial charge in [-0.05, 0) is 38.0 Å². The number of nitrogens with zero attached hydrogens (tertiary/aromatic N) is 2. The molecule has 0 atom stereocenters. The summed E-state index contributed by atoms with van der Waals surface area (Å²) in [6.07, 6.45) is 3.71. The van der Waals surface area contributed by atoms with Crippen molar-refractivity contribution in [2.24, 2.45) is 0 Å². The zero-order valence-electron chi connectivity index (χ0n) is 16.0. The van der Waals surface area contributed by atoms with E-state index in [-0.39, 0.29) is 22.8 Å². The van der Waals surface area contributed by atoms with Crippen LogP contribution in [-0.2, 0) is 21.4 Å². The van der Waals surface area contributed by atoms with Gasteiger partial charge in [-0.1, -0.05) is 18.0 Å². The standard InChI is InChI=1S/C19H24N2O6S/c1-14-11-15(27-20-14)13-26-19(22)17-12-16(7-8-18(17)25-2)28(23,24)21-9-5-3-4-6-10-21/h7-8,11-12H,3-6,9-10,13H2,1-2H3. The van der Waals surface area contributed by atoms with Crippen LogP contribution in [0.1, 0.15) is 47.5 Å². The minimum atomic E-state index is -3.69. The van der Waals surface area contributed by atoms with Crippen molar-refractivity contribution >= 4 is 16.0 Å². The Labute approximate surface area is 164 Å². The number of ether oxygens (including phenoxy) is 2. The van der Waals surface area contributed by atoms with Crippen LogP contribution in [0.25, 0.3) is 0 Å². The van der Waals surface area contributed by atoms with Crippen molar-refractivity contribution in [2.75, 3.05) is 20.2 Å². The molecule has 2 aromatic rings. The molecule has 8 nitrogen and oxygen atoms in total. The number of carbonyl (C=O) groups is 1. The minimum Gasteiger partial charge on any atom is -0.496 e. The van der Waals surface area contributed by atoms with Crippen molar-refractivity contribution in [1.29, 1.82) is 0 Å². The molecular weight excluding hydrogens is 384 g/mol. The number of hydrogen-bond donors (Lipinski definition) is 0. The Morgan fingerprint density at radius 2 is 1.89 bits per heavy atom. The second kappa shape index (κ2) is 8.74. The number of methoxy groups -OCH3 is 1. The number of esters is 1. The Bertz CT molecular complexity index is 930. The van der Waals surface area contributed by atoms with Crippen LogP contribution in [0.4, 0.5) is 0 Å². The van der Waals surface area contributed by atoms with E-state index in [4.69, 9.17) is 14.0 Å². The van der Waals surface area contributed by atoms with Crippen LogP contribution in [0.5, 0.6) is 5.75 Å². The third-order valence-corrected chi connectivity index (χ3v) is 6.51. The molecule has 9 heteroatoms. The van der Waals surface area contributed by atoms with Crippen LogP contribution < -0.4 is 4.74 Å². The Morgan fingerprint density at radius 1 is 1.18 bits per heavy atom. The van der Waals surface area contributed by atoms with E-state index in [1.54, 1.807) is 13.0 Å². The number of benzene rings is 1. The second-order valence-electron chi connectivity index (χ2n) is 6.69. The Balaban J connectivity index is 1.83. The summed E-state index contributed by atoms with van der Waals surface area (Å²) < 4.78 is 43.0. The molecule has 0 saturated carbocycles. The zero-order chi connectivity index (χ0) is 20.1. The molecule has 0 radical (unpaired) electrons. The average Bonchev–Trinajstić information content (AvgIpc) is 2.93. The van der Waals surface area contributed by atoms with E-state index in [0.717, 1.165) is 25.7 Å². The van der Waals surface area contributed by atoms with Crippen LogP contribution in [0.3, 0.4) is 0 Å². The highest BCUT2D eigenvalue weighted by molar-refractivity contribution is 7.89. The molecule has 0 amide bonds. The summed E-state index contributed by atoms with van der Waals surface area (Å²) in [5.74, 6) is -0.0504. The summed E-state index contributed by atoms with van der Waals surface area (Å²) >= 11 is 0. The van der Waals surface area contributed by atoms with Gasteiger partial charge in [0, 0.05) is 19.2 Å². The summed E-state index contributed by atoms with van der Waals surface area (Å²) in [5, 5.41) is 3.73. The van der Waals surface area contributed by atoms with Crippen molar-refractivity contribution in [3.05, 3.63) is 41.3 Å². The molecule has 1 aliphatic rings. The predicted octanol–water partition coefficient (Wildman–Crippen LogP) is 2.91. The van der Waals surface area contributed by atoms with Crippen molar-refractivity contribution in [1.82, 2.24) is 9.46 Å². The van der Waals surface area contributed by atoms with Gasteiger partial charge in [-0.3, -0.25) is 0 Å². The van der Waals surface area contributed by atoms with Gasteiger partial charge in [0.15, 0.2) is 12.4 Å². The van der Waals surface area contributed by atoms with Gasteiger partial charge in [-0.15, -0.1) is 0 Å². The lowest BCUT2D eigenvalue weighted by Crippen LogP contribution is -2.32. The fourth-order valence-electron chi connectivity index (χ4n) is 3.14. The first kappa shape index (κ1) is 20.3. The van der Waals surface area contributed by atoms with Gasteiger partial charge in [-0.25, -0.2) is 13.2 Å². The van der Waals surface area contributed by atoms with Crippen molar-refractivity contribution in [3.63, 3.8) is 0 Å². The maximum absolute atomic E-state index is 13.0. The molecule has 0 aliphatic carbocycles. The van der Waals surface area contributed by atoms with Crippen molar-refractivity contribution in [2.45, 2.75) is 44.1 Å². The van der Waals surface area contributed by atoms with Crippen molar-refractivity contribution in [3.8, 4) is 5.75 Å². The molecule has 152 valence electrons. The van der Waals surface area contributed by atoms with E-state index in [2.05, 4.69) is 5.16 Å². The van der Waals surface area contributed by atoms with Gasteiger partial charge in [0.2, 0.25) is 10.0 Å². The van der Waals surface area contributed by atoms with Gasteiger partial charge in [0.05, 0.1) is 17.7 Å². The third-order valence-electron chi connectivity index (χ3n) is 4.62. The van der Waals surface area contributed by atoms with Crippen LogP contribution in [0.2, 0.25) is 0 Å². The first-order valence-corrected chi connectivity index (χ1v) is 10.6. The monoisotopic (exact) mass is 408 g/mol. The second-order valence-corrected chi connectivity index (χ2v) is 8.63. The Morgan fingerprint density at radius 3 is 2.50 bits per heavy atom. The van der Waals surface area contributed by atoms with E-state index < -0.39 is 16.0 Å². The Hall–Kier alpha value is -2.39. The van der Waals surface area contributed by atoms with Gasteiger partial charge < -0.3 is 14.0 Å². The zero-order valence-corrected chi connectivity index (χ0v) is 16.8. The van der Waals surface area contributed by atoms with Crippen LogP contribution in [-0.4, -0.2) is 44.0 Å². The van der Waals surface area contributed by atoms with E-state index in [0.29, 0.717) is 24.5 Å². The van der Waals surface area contributed by atoms with Crippen LogP contribution >= 0.6 is 0 Å². The topological polar surface area (TPSA) is 98.9 Å². The summed E-state index contributed by atoms with van der Waals surface area (Å²) in [6.45, 7) is 2.62. The summed E-state index contributed by atoms with van der Waals surface area (Å²) in [5.41, 5.74) is 0.726. The van der Waals surface area contributed by atoms with E-state index >= 15 is 0 Å². The lowest BCUT2D eigenvalue weighted by molar-refractivity contribution is 0.0433. The largest absolute Gasteiger partial charge is 0.496 e. The third kappa shape index (κ3) is 4.53. The van der Waals surface area contributed by atoms with Crippen LogP contribution in [0.15, 0.2) is 33.7 Å². The SMILES string of the molecule is COc1ccc(S(=O)(=O)N2CCCCCC2)cc1C(=O)OCc1cc(C)no1. The smallest absolute Gasteiger partial charge is 0.342 e. The highest BCUT2D eigenvalue weighted by Crippen LogP contribution is 2.27. The number of aromatic nitrogens is 1. The van der Waals surface area contributed by atoms with Gasteiger partial charge >= 0.3 is 5.97 Å². The molecule has 0 unspecified atom stereocenters. The fourth-order valence-corrected chi connectivity index (χ4v) is 4.68.